The first-order chi connectivity index (χ1) is 16.2. The van der Waals surface area contributed by atoms with Crippen LogP contribution in [0, 0.1) is 11.8 Å². The van der Waals surface area contributed by atoms with Crippen molar-refractivity contribution in [2.24, 2.45) is 11.8 Å². The third-order valence-electron chi connectivity index (χ3n) is 7.12. The minimum Gasteiger partial charge on any atom is -0.379 e. The number of anilines is 2. The Bertz CT molecular complexity index is 1050. The molecule has 0 unspecified atom stereocenters. The molecule has 0 bridgehead atoms. The Kier molecular flexibility index (Phi) is 5.57. The molecule has 2 amide bonds. The fourth-order valence-electron chi connectivity index (χ4n) is 4.78. The van der Waals surface area contributed by atoms with Gasteiger partial charge in [-0.25, -0.2) is 0 Å². The molecule has 3 heterocycles. The quantitative estimate of drug-likeness (QED) is 0.547. The number of hydrogen-bond acceptors (Lipinski definition) is 7. The molecule has 9 nitrogen and oxygen atoms in total. The van der Waals surface area contributed by atoms with E-state index in [9.17, 15) is 9.59 Å². The van der Waals surface area contributed by atoms with Crippen LogP contribution in [0.1, 0.15) is 65.4 Å². The van der Waals surface area contributed by atoms with Crippen molar-refractivity contribution in [1.29, 1.82) is 0 Å². The Labute approximate surface area is 196 Å². The summed E-state index contributed by atoms with van der Waals surface area (Å²) in [6.45, 7) is 2.16. The lowest BCUT2D eigenvalue weighted by atomic mass is 9.91. The zero-order chi connectivity index (χ0) is 22.4. The summed E-state index contributed by atoms with van der Waals surface area (Å²) in [7, 11) is 0. The maximum Gasteiger partial charge on any atom is 0.254 e. The van der Waals surface area contributed by atoms with Crippen molar-refractivity contribution >= 4 is 34.1 Å². The van der Waals surface area contributed by atoms with Gasteiger partial charge in [-0.2, -0.15) is 0 Å². The number of carbonyl (C=O) groups is 2. The van der Waals surface area contributed by atoms with Crippen LogP contribution in [-0.4, -0.2) is 52.4 Å². The minimum atomic E-state index is -0.0589. The number of fused-ring (bicyclic) bond motifs is 1. The van der Waals surface area contributed by atoms with Crippen LogP contribution in [-0.2, 0) is 22.4 Å². The molecular weight excluding hydrogens is 440 g/mol. The van der Waals surface area contributed by atoms with Crippen LogP contribution in [0.5, 0.6) is 0 Å². The molecule has 2 aromatic rings. The second-order valence-electron chi connectivity index (χ2n) is 9.79. The molecule has 1 saturated heterocycles. The molecule has 0 spiro atoms. The molecule has 0 aromatic carbocycles. The number of hydrogen-bond donors (Lipinski definition) is 3. The number of thiophene rings is 1. The van der Waals surface area contributed by atoms with E-state index < -0.39 is 0 Å². The Hall–Kier alpha value is -2.46. The largest absolute Gasteiger partial charge is 0.379 e. The number of nitrogens with one attached hydrogen (secondary N) is 3. The molecule has 3 aliphatic carbocycles. The van der Waals surface area contributed by atoms with Crippen molar-refractivity contribution in [3.05, 3.63) is 22.3 Å². The summed E-state index contributed by atoms with van der Waals surface area (Å²) < 4.78 is 7.59. The van der Waals surface area contributed by atoms with Gasteiger partial charge in [-0.1, -0.05) is 0 Å². The number of ether oxygens (including phenoxy) is 1. The van der Waals surface area contributed by atoms with Crippen molar-refractivity contribution in [1.82, 2.24) is 20.1 Å². The van der Waals surface area contributed by atoms with Crippen LogP contribution in [0.15, 0.2) is 6.33 Å². The molecule has 2 atom stereocenters. The molecule has 176 valence electrons. The molecule has 0 radical (unpaired) electrons. The van der Waals surface area contributed by atoms with Crippen LogP contribution in [0.25, 0.3) is 0 Å². The number of aryl methyl sites for hydroxylation is 1. The van der Waals surface area contributed by atoms with Gasteiger partial charge in [0.15, 0.2) is 0 Å². The summed E-state index contributed by atoms with van der Waals surface area (Å²) >= 11 is 1.58. The van der Waals surface area contributed by atoms with E-state index >= 15 is 0 Å². The summed E-state index contributed by atoms with van der Waals surface area (Å²) in [5.74, 6) is 1.45. The summed E-state index contributed by atoms with van der Waals surface area (Å²) in [4.78, 5) is 27.0. The fraction of sp³-hybridized carbons (Fsp3) is 0.652. The standard InChI is InChI=1S/C23H30N6O3S/c30-20(14-3-4-14)27-22-19(21(31)24-10-13-1-2-13)17-9-16(5-6-18(17)33-22)29-12-25-28-23(29)26-15-7-8-32-11-15/h12-16H,1-11H2,(H,24,31)(H,26,28)(H,27,30)/t15-,16-/m0/s1. The second kappa shape index (κ2) is 8.72. The fourth-order valence-corrected chi connectivity index (χ4v) is 6.03. The zero-order valence-electron chi connectivity index (χ0n) is 18.6. The summed E-state index contributed by atoms with van der Waals surface area (Å²) in [6, 6.07) is 0.412. The Morgan fingerprint density at radius 3 is 2.82 bits per heavy atom. The van der Waals surface area contributed by atoms with Crippen LogP contribution in [0.4, 0.5) is 10.9 Å². The van der Waals surface area contributed by atoms with E-state index in [1.807, 2.05) is 0 Å². The van der Waals surface area contributed by atoms with E-state index in [-0.39, 0.29) is 29.8 Å². The molecule has 3 fully saturated rings. The topological polar surface area (TPSA) is 110 Å². The molecule has 2 aromatic heterocycles. The number of aromatic nitrogens is 3. The van der Waals surface area contributed by atoms with E-state index in [0.29, 0.717) is 24.6 Å². The first-order valence-electron chi connectivity index (χ1n) is 12.1. The van der Waals surface area contributed by atoms with E-state index in [2.05, 4.69) is 30.7 Å². The predicted octanol–water partition coefficient (Wildman–Crippen LogP) is 2.76. The highest BCUT2D eigenvalue weighted by molar-refractivity contribution is 7.17. The number of nitrogens with zero attached hydrogens (tertiary/aromatic N) is 3. The van der Waals surface area contributed by atoms with Gasteiger partial charge >= 0.3 is 0 Å². The summed E-state index contributed by atoms with van der Waals surface area (Å²) in [5, 5.41) is 18.9. The van der Waals surface area contributed by atoms with Crippen LogP contribution < -0.4 is 16.0 Å². The highest BCUT2D eigenvalue weighted by atomic mass is 32.1. The number of rotatable bonds is 8. The van der Waals surface area contributed by atoms with Gasteiger partial charge in [0.1, 0.15) is 11.3 Å². The van der Waals surface area contributed by atoms with Crippen molar-refractivity contribution in [2.75, 3.05) is 30.4 Å². The van der Waals surface area contributed by atoms with Gasteiger partial charge in [0.25, 0.3) is 5.91 Å². The molecule has 33 heavy (non-hydrogen) atoms. The van der Waals surface area contributed by atoms with Crippen LogP contribution >= 0.6 is 11.3 Å². The van der Waals surface area contributed by atoms with Gasteiger partial charge in [-0.3, -0.25) is 14.2 Å². The van der Waals surface area contributed by atoms with Gasteiger partial charge in [0.2, 0.25) is 11.9 Å². The van der Waals surface area contributed by atoms with Gasteiger partial charge in [0, 0.05) is 30.0 Å². The highest BCUT2D eigenvalue weighted by Crippen LogP contribution is 2.42. The predicted molar refractivity (Wildman–Crippen MR) is 125 cm³/mol. The van der Waals surface area contributed by atoms with Gasteiger partial charge in [-0.15, -0.1) is 21.5 Å². The monoisotopic (exact) mass is 470 g/mol. The van der Waals surface area contributed by atoms with E-state index in [1.165, 1.54) is 17.7 Å². The second-order valence-corrected chi connectivity index (χ2v) is 10.9. The third kappa shape index (κ3) is 4.50. The molecule has 2 saturated carbocycles. The molecular formula is C23H30N6O3S. The van der Waals surface area contributed by atoms with Gasteiger partial charge in [0.05, 0.1) is 18.2 Å². The Morgan fingerprint density at radius 2 is 2.06 bits per heavy atom. The molecule has 10 heteroatoms. The normalized spacial score (nSPS) is 24.4. The van der Waals surface area contributed by atoms with Crippen molar-refractivity contribution in [2.45, 2.75) is 63.5 Å². The lowest BCUT2D eigenvalue weighted by Gasteiger charge is -2.26. The van der Waals surface area contributed by atoms with Crippen molar-refractivity contribution in [3.63, 3.8) is 0 Å². The molecule has 1 aliphatic heterocycles. The van der Waals surface area contributed by atoms with E-state index in [0.717, 1.165) is 61.6 Å². The van der Waals surface area contributed by atoms with Crippen LogP contribution in [0.2, 0.25) is 0 Å². The van der Waals surface area contributed by atoms with Crippen molar-refractivity contribution in [3.8, 4) is 0 Å². The number of carbonyl (C=O) groups excluding carboxylic acids is 2. The highest BCUT2D eigenvalue weighted by Gasteiger charge is 2.35. The molecule has 4 aliphatic rings. The SMILES string of the molecule is O=C(NCC1CC1)c1c(NC(=O)C2CC2)sc2c1C[C@@H](n1cnnc1N[C@H]1CCOC1)CC2. The van der Waals surface area contributed by atoms with E-state index in [1.54, 1.807) is 17.7 Å². The average molecular weight is 471 g/mol. The minimum absolute atomic E-state index is 0.0467. The zero-order valence-corrected chi connectivity index (χ0v) is 19.5. The Morgan fingerprint density at radius 1 is 1.18 bits per heavy atom. The van der Waals surface area contributed by atoms with Crippen molar-refractivity contribution < 1.29 is 14.3 Å². The number of amides is 2. The van der Waals surface area contributed by atoms with Gasteiger partial charge in [-0.05, 0) is 62.8 Å². The lowest BCUT2D eigenvalue weighted by Crippen LogP contribution is -2.29. The summed E-state index contributed by atoms with van der Waals surface area (Å²) in [5.41, 5.74) is 1.74. The summed E-state index contributed by atoms with van der Waals surface area (Å²) in [6.07, 6.45) is 9.54. The lowest BCUT2D eigenvalue weighted by molar-refractivity contribution is -0.117. The first kappa shape index (κ1) is 21.1. The molecule has 6 rings (SSSR count). The average Bonchev–Trinajstić information content (AvgIpc) is 3.70. The first-order valence-corrected chi connectivity index (χ1v) is 12.9. The third-order valence-corrected chi connectivity index (χ3v) is 8.33. The van der Waals surface area contributed by atoms with Gasteiger partial charge < -0.3 is 20.7 Å². The smallest absolute Gasteiger partial charge is 0.254 e. The molecule has 3 N–H and O–H groups in total. The van der Waals surface area contributed by atoms with E-state index in [4.69, 9.17) is 4.74 Å². The maximum absolute atomic E-state index is 13.3. The van der Waals surface area contributed by atoms with Crippen LogP contribution in [0.3, 0.4) is 0 Å². The maximum atomic E-state index is 13.3. The Balaban J connectivity index is 1.25.